The number of amides is 1. The lowest BCUT2D eigenvalue weighted by Gasteiger charge is -2.14. The first-order valence-corrected chi connectivity index (χ1v) is 6.52. The summed E-state index contributed by atoms with van der Waals surface area (Å²) in [6.07, 6.45) is -0.787. The van der Waals surface area contributed by atoms with Gasteiger partial charge in [0.25, 0.3) is 5.91 Å². The molecule has 22 heavy (non-hydrogen) atoms. The van der Waals surface area contributed by atoms with E-state index in [9.17, 15) is 14.0 Å². The number of carboxylic acids is 1. The average molecular weight is 303 g/mol. The summed E-state index contributed by atoms with van der Waals surface area (Å²) in [6, 6.07) is 11.1. The molecule has 1 atom stereocenters. The van der Waals surface area contributed by atoms with E-state index in [1.54, 1.807) is 6.92 Å². The molecule has 1 amide bonds. The maximum atomic E-state index is 12.8. The number of carbonyl (C=O) groups is 2. The van der Waals surface area contributed by atoms with Crippen LogP contribution in [0.4, 0.5) is 10.1 Å². The van der Waals surface area contributed by atoms with Crippen LogP contribution in [0, 0.1) is 5.82 Å². The SMILES string of the molecule is C[C@H](Oc1ccc(F)cc1)C(=O)Nc1ccc(C(=O)O)cc1. The lowest BCUT2D eigenvalue weighted by atomic mass is 10.2. The number of anilines is 1. The second-order valence-corrected chi connectivity index (χ2v) is 4.59. The monoisotopic (exact) mass is 303 g/mol. The standard InChI is InChI=1S/C16H14FNO4/c1-10(22-14-8-4-12(17)5-9-14)15(19)18-13-6-2-11(3-7-13)16(20)21/h2-10H,1H3,(H,18,19)(H,20,21)/t10-/m0/s1. The van der Waals surface area contributed by atoms with Gasteiger partial charge >= 0.3 is 5.97 Å². The Morgan fingerprint density at radius 3 is 2.23 bits per heavy atom. The van der Waals surface area contributed by atoms with Crippen LogP contribution in [0.15, 0.2) is 48.5 Å². The smallest absolute Gasteiger partial charge is 0.335 e. The van der Waals surface area contributed by atoms with E-state index in [2.05, 4.69) is 5.32 Å². The van der Waals surface area contributed by atoms with Crippen molar-refractivity contribution in [2.45, 2.75) is 13.0 Å². The largest absolute Gasteiger partial charge is 0.481 e. The van der Waals surface area contributed by atoms with E-state index in [4.69, 9.17) is 9.84 Å². The van der Waals surface area contributed by atoms with Crippen LogP contribution in [0.25, 0.3) is 0 Å². The van der Waals surface area contributed by atoms with Crippen molar-refractivity contribution in [2.75, 3.05) is 5.32 Å². The van der Waals surface area contributed by atoms with E-state index in [1.807, 2.05) is 0 Å². The van der Waals surface area contributed by atoms with Gasteiger partial charge in [0.1, 0.15) is 11.6 Å². The second kappa shape index (κ2) is 6.71. The van der Waals surface area contributed by atoms with E-state index >= 15 is 0 Å². The first kappa shape index (κ1) is 15.5. The number of nitrogens with one attached hydrogen (secondary N) is 1. The maximum absolute atomic E-state index is 12.8. The van der Waals surface area contributed by atoms with Gasteiger partial charge in [0, 0.05) is 5.69 Å². The van der Waals surface area contributed by atoms with E-state index in [-0.39, 0.29) is 11.4 Å². The predicted octanol–water partition coefficient (Wildman–Crippen LogP) is 2.93. The minimum atomic E-state index is -1.04. The van der Waals surface area contributed by atoms with E-state index < -0.39 is 18.0 Å². The molecule has 6 heteroatoms. The molecule has 2 aromatic carbocycles. The summed E-state index contributed by atoms with van der Waals surface area (Å²) in [5.41, 5.74) is 0.596. The lowest BCUT2D eigenvalue weighted by molar-refractivity contribution is -0.122. The van der Waals surface area contributed by atoms with Crippen molar-refractivity contribution in [3.63, 3.8) is 0 Å². The highest BCUT2D eigenvalue weighted by Gasteiger charge is 2.15. The number of aromatic carboxylic acids is 1. The Balaban J connectivity index is 1.95. The molecule has 2 aromatic rings. The number of hydrogen-bond acceptors (Lipinski definition) is 3. The van der Waals surface area contributed by atoms with Gasteiger partial charge in [0.2, 0.25) is 0 Å². The van der Waals surface area contributed by atoms with Crippen LogP contribution in [0.5, 0.6) is 5.75 Å². The molecule has 0 saturated heterocycles. The Labute approximate surface area is 126 Å². The fraction of sp³-hybridized carbons (Fsp3) is 0.125. The molecule has 0 heterocycles. The van der Waals surface area contributed by atoms with E-state index in [0.717, 1.165) is 0 Å². The van der Waals surface area contributed by atoms with Crippen LogP contribution < -0.4 is 10.1 Å². The third-order valence-electron chi connectivity index (χ3n) is 2.90. The highest BCUT2D eigenvalue weighted by atomic mass is 19.1. The van der Waals surface area contributed by atoms with Gasteiger partial charge < -0.3 is 15.2 Å². The molecule has 0 radical (unpaired) electrons. The summed E-state index contributed by atoms with van der Waals surface area (Å²) < 4.78 is 18.2. The van der Waals surface area contributed by atoms with Gasteiger partial charge in [-0.3, -0.25) is 4.79 Å². The van der Waals surface area contributed by atoms with Crippen LogP contribution >= 0.6 is 0 Å². The molecule has 0 fully saturated rings. The summed E-state index contributed by atoms with van der Waals surface area (Å²) in [5.74, 6) is -1.44. The van der Waals surface area contributed by atoms with Crippen molar-refractivity contribution in [3.8, 4) is 5.75 Å². The van der Waals surface area contributed by atoms with Crippen LogP contribution in [0.2, 0.25) is 0 Å². The van der Waals surface area contributed by atoms with Gasteiger partial charge in [-0.25, -0.2) is 9.18 Å². The van der Waals surface area contributed by atoms with Gasteiger partial charge in [-0.2, -0.15) is 0 Å². The Bertz CT molecular complexity index is 668. The normalized spacial score (nSPS) is 11.5. The molecular formula is C16H14FNO4. The Hall–Kier alpha value is -2.89. The molecule has 2 N–H and O–H groups in total. The summed E-state index contributed by atoms with van der Waals surface area (Å²) >= 11 is 0. The highest BCUT2D eigenvalue weighted by Crippen LogP contribution is 2.15. The molecule has 0 bridgehead atoms. The quantitative estimate of drug-likeness (QED) is 0.890. The number of benzene rings is 2. The van der Waals surface area contributed by atoms with Gasteiger partial charge in [-0.05, 0) is 55.5 Å². The molecule has 0 spiro atoms. The van der Waals surface area contributed by atoms with Gasteiger partial charge in [-0.1, -0.05) is 0 Å². The van der Waals surface area contributed by atoms with Crippen molar-refractivity contribution in [1.82, 2.24) is 0 Å². The third kappa shape index (κ3) is 4.05. The molecule has 5 nitrogen and oxygen atoms in total. The van der Waals surface area contributed by atoms with E-state index in [1.165, 1.54) is 48.5 Å². The van der Waals surface area contributed by atoms with Crippen molar-refractivity contribution < 1.29 is 23.8 Å². The fourth-order valence-corrected chi connectivity index (χ4v) is 1.71. The number of carboxylic acid groups (broad SMARTS) is 1. The van der Waals surface area contributed by atoms with E-state index in [0.29, 0.717) is 11.4 Å². The first-order valence-electron chi connectivity index (χ1n) is 6.52. The zero-order chi connectivity index (χ0) is 16.1. The second-order valence-electron chi connectivity index (χ2n) is 4.59. The van der Waals surface area contributed by atoms with Gasteiger partial charge in [-0.15, -0.1) is 0 Å². The minimum Gasteiger partial charge on any atom is -0.481 e. The summed E-state index contributed by atoms with van der Waals surface area (Å²) in [4.78, 5) is 22.7. The molecule has 0 aromatic heterocycles. The van der Waals surface area contributed by atoms with Crippen LogP contribution in [-0.2, 0) is 4.79 Å². The van der Waals surface area contributed by atoms with Crippen molar-refractivity contribution in [2.24, 2.45) is 0 Å². The molecular weight excluding hydrogens is 289 g/mol. The predicted molar refractivity (Wildman–Crippen MR) is 78.5 cm³/mol. The summed E-state index contributed by atoms with van der Waals surface area (Å²) in [5, 5.41) is 11.4. The zero-order valence-corrected chi connectivity index (χ0v) is 11.7. The maximum Gasteiger partial charge on any atom is 0.335 e. The zero-order valence-electron chi connectivity index (χ0n) is 11.7. The van der Waals surface area contributed by atoms with Gasteiger partial charge in [0.15, 0.2) is 6.10 Å². The van der Waals surface area contributed by atoms with Crippen LogP contribution in [0.3, 0.4) is 0 Å². The van der Waals surface area contributed by atoms with Crippen molar-refractivity contribution in [3.05, 3.63) is 59.9 Å². The van der Waals surface area contributed by atoms with Crippen LogP contribution in [-0.4, -0.2) is 23.1 Å². The minimum absolute atomic E-state index is 0.133. The first-order chi connectivity index (χ1) is 10.5. The average Bonchev–Trinajstić information content (AvgIpc) is 2.50. The molecule has 0 aliphatic carbocycles. The topological polar surface area (TPSA) is 75.6 Å². The Morgan fingerprint density at radius 1 is 1.09 bits per heavy atom. The van der Waals surface area contributed by atoms with Gasteiger partial charge in [0.05, 0.1) is 5.56 Å². The lowest BCUT2D eigenvalue weighted by Crippen LogP contribution is -2.30. The molecule has 114 valence electrons. The third-order valence-corrected chi connectivity index (χ3v) is 2.90. The Morgan fingerprint density at radius 2 is 1.68 bits per heavy atom. The van der Waals surface area contributed by atoms with Crippen molar-refractivity contribution >= 4 is 17.6 Å². The molecule has 0 unspecified atom stereocenters. The number of rotatable bonds is 5. The number of halogens is 1. The molecule has 0 aliphatic heterocycles. The number of ether oxygens (including phenoxy) is 1. The molecule has 0 aliphatic rings. The summed E-state index contributed by atoms with van der Waals surface area (Å²) in [7, 11) is 0. The molecule has 0 saturated carbocycles. The fourth-order valence-electron chi connectivity index (χ4n) is 1.71. The van der Waals surface area contributed by atoms with Crippen LogP contribution in [0.1, 0.15) is 17.3 Å². The number of hydrogen-bond donors (Lipinski definition) is 2. The molecule has 2 rings (SSSR count). The van der Waals surface area contributed by atoms with Crippen molar-refractivity contribution in [1.29, 1.82) is 0 Å². The highest BCUT2D eigenvalue weighted by molar-refractivity contribution is 5.95. The number of carbonyl (C=O) groups excluding carboxylic acids is 1. The summed E-state index contributed by atoms with van der Waals surface area (Å²) in [6.45, 7) is 1.56. The Kier molecular flexibility index (Phi) is 4.73.